The number of alkyl halides is 3. The summed E-state index contributed by atoms with van der Waals surface area (Å²) < 4.78 is 66.0. The smallest absolute Gasteiger partial charge is 0.355 e. The summed E-state index contributed by atoms with van der Waals surface area (Å²) in [5.41, 5.74) is 0.307. The highest BCUT2D eigenvalue weighted by Gasteiger charge is 2.33. The van der Waals surface area contributed by atoms with E-state index in [9.17, 15) is 21.6 Å². The van der Waals surface area contributed by atoms with E-state index in [0.29, 0.717) is 35.8 Å². The van der Waals surface area contributed by atoms with Crippen LogP contribution in [0.2, 0.25) is 0 Å². The van der Waals surface area contributed by atoms with Crippen LogP contribution in [0, 0.1) is 0 Å². The molecule has 1 aliphatic heterocycles. The van der Waals surface area contributed by atoms with Crippen LogP contribution in [0.5, 0.6) is 0 Å². The second-order valence-corrected chi connectivity index (χ2v) is 8.99. The first-order valence-electron chi connectivity index (χ1n) is 9.21. The lowest BCUT2D eigenvalue weighted by atomic mass is 10.1. The molecule has 1 N–H and O–H groups in total. The van der Waals surface area contributed by atoms with Crippen LogP contribution in [0.1, 0.15) is 18.5 Å². The maximum absolute atomic E-state index is 13.1. The first kappa shape index (κ1) is 20.5. The number of fused-ring (bicyclic) bond motifs is 1. The van der Waals surface area contributed by atoms with Gasteiger partial charge in [0.05, 0.1) is 18.1 Å². The van der Waals surface area contributed by atoms with E-state index in [1.54, 1.807) is 18.3 Å². The van der Waals surface area contributed by atoms with Crippen molar-refractivity contribution in [2.24, 2.45) is 0 Å². The van der Waals surface area contributed by atoms with Gasteiger partial charge in [0.15, 0.2) is 11.3 Å². The number of aromatic nitrogens is 4. The molecular weight excluding hydrogens is 421 g/mol. The fourth-order valence-corrected chi connectivity index (χ4v) is 4.35. The van der Waals surface area contributed by atoms with Crippen molar-refractivity contribution >= 4 is 21.5 Å². The number of imidazole rings is 1. The van der Waals surface area contributed by atoms with Gasteiger partial charge in [-0.15, -0.1) is 0 Å². The number of halogens is 3. The van der Waals surface area contributed by atoms with Gasteiger partial charge in [-0.1, -0.05) is 0 Å². The predicted octanol–water partition coefficient (Wildman–Crippen LogP) is 2.33. The zero-order valence-electron chi connectivity index (χ0n) is 16.0. The molecule has 1 unspecified atom stereocenters. The van der Waals surface area contributed by atoms with Crippen LogP contribution in [-0.2, 0) is 16.2 Å². The summed E-state index contributed by atoms with van der Waals surface area (Å²) in [7, 11) is -3.32. The SMILES string of the molecule is CS(=O)(=O)NC1CCCN(c2cc(-c3cnc4ccc(C(F)(F)F)nn34)ccn2)C1. The van der Waals surface area contributed by atoms with E-state index in [-0.39, 0.29) is 6.04 Å². The number of rotatable bonds is 4. The van der Waals surface area contributed by atoms with E-state index in [0.717, 1.165) is 29.7 Å². The molecule has 0 aliphatic carbocycles. The van der Waals surface area contributed by atoms with Gasteiger partial charge in [0.2, 0.25) is 10.0 Å². The molecule has 0 amide bonds. The van der Waals surface area contributed by atoms with Gasteiger partial charge in [-0.2, -0.15) is 18.3 Å². The fourth-order valence-electron chi connectivity index (χ4n) is 3.56. The molecule has 0 aromatic carbocycles. The summed E-state index contributed by atoms with van der Waals surface area (Å²) in [6, 6.07) is 5.35. The lowest BCUT2D eigenvalue weighted by molar-refractivity contribution is -0.141. The van der Waals surface area contributed by atoms with Crippen molar-refractivity contribution < 1.29 is 21.6 Å². The summed E-state index contributed by atoms with van der Waals surface area (Å²) in [5, 5.41) is 3.70. The van der Waals surface area contributed by atoms with Crippen LogP contribution < -0.4 is 9.62 Å². The van der Waals surface area contributed by atoms with Crippen molar-refractivity contribution in [3.8, 4) is 11.3 Å². The molecule has 4 heterocycles. The zero-order chi connectivity index (χ0) is 21.5. The molecule has 0 radical (unpaired) electrons. The van der Waals surface area contributed by atoms with Gasteiger partial charge in [0.1, 0.15) is 5.82 Å². The van der Waals surface area contributed by atoms with Crippen LogP contribution in [-0.4, -0.2) is 53.4 Å². The Kier molecular flexibility index (Phi) is 5.14. The van der Waals surface area contributed by atoms with Crippen LogP contribution >= 0.6 is 0 Å². The Morgan fingerprint density at radius 3 is 2.73 bits per heavy atom. The standard InChI is InChI=1S/C18H19F3N6O2S/c1-30(28,29)25-13-3-2-8-26(11-13)17-9-12(6-7-22-17)14-10-23-16-5-4-15(18(19,20)21)24-27(14)16/h4-7,9-10,13,25H,2-3,8,11H2,1H3. The third-order valence-electron chi connectivity index (χ3n) is 4.82. The van der Waals surface area contributed by atoms with E-state index in [4.69, 9.17) is 0 Å². The summed E-state index contributed by atoms with van der Waals surface area (Å²) in [6.45, 7) is 1.15. The largest absolute Gasteiger partial charge is 0.435 e. The van der Waals surface area contributed by atoms with Gasteiger partial charge in [0.25, 0.3) is 0 Å². The first-order chi connectivity index (χ1) is 14.1. The number of nitrogens with one attached hydrogen (secondary N) is 1. The molecule has 30 heavy (non-hydrogen) atoms. The van der Waals surface area contributed by atoms with Gasteiger partial charge in [-0.3, -0.25) is 0 Å². The Balaban J connectivity index is 1.65. The summed E-state index contributed by atoms with van der Waals surface area (Å²) in [5.74, 6) is 0.606. The molecule has 3 aromatic heterocycles. The molecular formula is C18H19F3N6O2S. The van der Waals surface area contributed by atoms with Gasteiger partial charge in [-0.25, -0.2) is 27.6 Å². The highest BCUT2D eigenvalue weighted by molar-refractivity contribution is 7.88. The Labute approximate surface area is 170 Å². The molecule has 0 bridgehead atoms. The maximum atomic E-state index is 13.1. The lowest BCUT2D eigenvalue weighted by Gasteiger charge is -2.33. The van der Waals surface area contributed by atoms with Crippen LogP contribution in [0.4, 0.5) is 19.0 Å². The number of nitrogens with zero attached hydrogens (tertiary/aromatic N) is 5. The minimum absolute atomic E-state index is 0.231. The van der Waals surface area contributed by atoms with E-state index < -0.39 is 21.9 Å². The third-order valence-corrected chi connectivity index (χ3v) is 5.58. The van der Waals surface area contributed by atoms with Crippen molar-refractivity contribution in [1.29, 1.82) is 0 Å². The molecule has 1 atom stereocenters. The topological polar surface area (TPSA) is 92.5 Å². The van der Waals surface area contributed by atoms with Gasteiger partial charge in [0, 0.05) is 30.9 Å². The minimum Gasteiger partial charge on any atom is -0.355 e. The average molecular weight is 440 g/mol. The Hall–Kier alpha value is -2.73. The third kappa shape index (κ3) is 4.38. The molecule has 160 valence electrons. The first-order valence-corrected chi connectivity index (χ1v) is 11.1. The van der Waals surface area contributed by atoms with Crippen molar-refractivity contribution in [3.05, 3.63) is 42.4 Å². The Morgan fingerprint density at radius 1 is 1.20 bits per heavy atom. The monoisotopic (exact) mass is 440 g/mol. The summed E-state index contributed by atoms with van der Waals surface area (Å²) in [4.78, 5) is 10.4. The number of anilines is 1. The summed E-state index contributed by atoms with van der Waals surface area (Å²) >= 11 is 0. The van der Waals surface area contributed by atoms with Crippen LogP contribution in [0.15, 0.2) is 36.7 Å². The maximum Gasteiger partial charge on any atom is 0.435 e. The molecule has 4 rings (SSSR count). The number of pyridine rings is 1. The molecule has 0 saturated carbocycles. The quantitative estimate of drug-likeness (QED) is 0.670. The molecule has 1 fully saturated rings. The second kappa shape index (κ2) is 7.51. The van der Waals surface area contributed by atoms with E-state index in [2.05, 4.69) is 19.8 Å². The van der Waals surface area contributed by atoms with Crippen LogP contribution in [0.3, 0.4) is 0 Å². The predicted molar refractivity (Wildman–Crippen MR) is 104 cm³/mol. The van der Waals surface area contributed by atoms with Crippen molar-refractivity contribution in [2.75, 3.05) is 24.2 Å². The van der Waals surface area contributed by atoms with E-state index in [1.807, 2.05) is 4.90 Å². The highest BCUT2D eigenvalue weighted by Crippen LogP contribution is 2.29. The Bertz CT molecular complexity index is 1180. The van der Waals surface area contributed by atoms with Gasteiger partial charge in [-0.05, 0) is 37.1 Å². The minimum atomic E-state index is -4.56. The van der Waals surface area contributed by atoms with Crippen LogP contribution in [0.25, 0.3) is 16.9 Å². The highest BCUT2D eigenvalue weighted by atomic mass is 32.2. The molecule has 3 aromatic rings. The molecule has 12 heteroatoms. The number of hydrogen-bond donors (Lipinski definition) is 1. The molecule has 1 saturated heterocycles. The average Bonchev–Trinajstić information content (AvgIpc) is 3.09. The summed E-state index contributed by atoms with van der Waals surface area (Å²) in [6.07, 6.45) is 1.09. The Morgan fingerprint density at radius 2 is 2.00 bits per heavy atom. The molecule has 1 aliphatic rings. The van der Waals surface area contributed by atoms with Crippen molar-refractivity contribution in [2.45, 2.75) is 25.1 Å². The normalized spacial score (nSPS) is 18.1. The van der Waals surface area contributed by atoms with E-state index in [1.165, 1.54) is 12.3 Å². The fraction of sp³-hybridized carbons (Fsp3) is 0.389. The van der Waals surface area contributed by atoms with Gasteiger partial charge >= 0.3 is 6.18 Å². The number of hydrogen-bond acceptors (Lipinski definition) is 6. The van der Waals surface area contributed by atoms with Crippen molar-refractivity contribution in [3.63, 3.8) is 0 Å². The van der Waals surface area contributed by atoms with E-state index >= 15 is 0 Å². The molecule has 0 spiro atoms. The molecule has 8 nitrogen and oxygen atoms in total. The second-order valence-electron chi connectivity index (χ2n) is 7.21. The van der Waals surface area contributed by atoms with Gasteiger partial charge < -0.3 is 4.90 Å². The lowest BCUT2D eigenvalue weighted by Crippen LogP contribution is -2.47. The van der Waals surface area contributed by atoms with Crippen molar-refractivity contribution in [1.82, 2.24) is 24.3 Å². The number of piperidine rings is 1. The zero-order valence-corrected chi connectivity index (χ0v) is 16.8. The number of sulfonamides is 1.